The minimum absolute atomic E-state index is 0.0973. The lowest BCUT2D eigenvalue weighted by Crippen LogP contribution is -2.51. The summed E-state index contributed by atoms with van der Waals surface area (Å²) in [6.07, 6.45) is 4.29. The Bertz CT molecular complexity index is 1060. The molecular weight excluding hydrogens is 411 g/mol. The number of fused-ring (bicyclic) bond motifs is 3. The van der Waals surface area contributed by atoms with Crippen LogP contribution >= 0.6 is 0 Å². The maximum Gasteiger partial charge on any atom is 0.251 e. The maximum atomic E-state index is 13.4. The summed E-state index contributed by atoms with van der Waals surface area (Å²) in [4.78, 5) is 27.5. The fourth-order valence-corrected chi connectivity index (χ4v) is 5.40. The average Bonchev–Trinajstić information content (AvgIpc) is 3.28. The molecule has 2 aromatic rings. The summed E-state index contributed by atoms with van der Waals surface area (Å²) < 4.78 is 25.1. The van der Waals surface area contributed by atoms with E-state index in [2.05, 4.69) is 11.4 Å². The number of carbonyl (C=O) groups is 2. The number of nitrogens with zero attached hydrogens (tertiary/aromatic N) is 1. The molecule has 1 atom stereocenters. The second-order valence-electron chi connectivity index (χ2n) is 8.96. The number of ether oxygens (including phenoxy) is 2. The highest BCUT2D eigenvalue weighted by Crippen LogP contribution is 2.51. The fourth-order valence-electron chi connectivity index (χ4n) is 5.40. The highest BCUT2D eigenvalue weighted by Gasteiger charge is 2.46. The number of amides is 2. The Labute approximate surface area is 186 Å². The Hall–Kier alpha value is -3.09. The SMILES string of the molecule is CC1c2cc3c(cc2C2(CCCC2)CN1C(=O)CNC(=O)c1cccc(F)c1)OCCO3. The van der Waals surface area contributed by atoms with Gasteiger partial charge in [-0.1, -0.05) is 18.9 Å². The lowest BCUT2D eigenvalue weighted by Gasteiger charge is -2.46. The van der Waals surface area contributed by atoms with Crippen molar-refractivity contribution in [1.82, 2.24) is 10.2 Å². The van der Waals surface area contributed by atoms with Gasteiger partial charge < -0.3 is 19.7 Å². The van der Waals surface area contributed by atoms with Gasteiger partial charge in [0.05, 0.1) is 12.6 Å². The predicted octanol–water partition coefficient (Wildman–Crippen LogP) is 3.74. The molecule has 3 aliphatic rings. The van der Waals surface area contributed by atoms with E-state index in [1.165, 1.54) is 23.8 Å². The molecule has 1 unspecified atom stereocenters. The van der Waals surface area contributed by atoms with Crippen molar-refractivity contribution in [3.63, 3.8) is 0 Å². The molecule has 2 amide bonds. The minimum Gasteiger partial charge on any atom is -0.486 e. The number of nitrogens with one attached hydrogen (secondary N) is 1. The van der Waals surface area contributed by atoms with Gasteiger partial charge in [-0.05, 0) is 61.2 Å². The van der Waals surface area contributed by atoms with Crippen molar-refractivity contribution in [1.29, 1.82) is 0 Å². The van der Waals surface area contributed by atoms with Crippen LogP contribution in [0.2, 0.25) is 0 Å². The van der Waals surface area contributed by atoms with Gasteiger partial charge in [-0.15, -0.1) is 0 Å². The van der Waals surface area contributed by atoms with Gasteiger partial charge in [0.15, 0.2) is 11.5 Å². The van der Waals surface area contributed by atoms with Crippen LogP contribution in [0.3, 0.4) is 0 Å². The summed E-state index contributed by atoms with van der Waals surface area (Å²) in [5.41, 5.74) is 2.46. The topological polar surface area (TPSA) is 67.9 Å². The van der Waals surface area contributed by atoms with Crippen molar-refractivity contribution in [2.45, 2.75) is 44.1 Å². The monoisotopic (exact) mass is 438 g/mol. The van der Waals surface area contributed by atoms with Gasteiger partial charge in [0, 0.05) is 17.5 Å². The summed E-state index contributed by atoms with van der Waals surface area (Å²) >= 11 is 0. The zero-order valence-electron chi connectivity index (χ0n) is 18.2. The van der Waals surface area contributed by atoms with E-state index in [-0.39, 0.29) is 29.5 Å². The molecule has 7 heteroatoms. The van der Waals surface area contributed by atoms with E-state index < -0.39 is 11.7 Å². The molecule has 1 aliphatic carbocycles. The zero-order valence-corrected chi connectivity index (χ0v) is 18.2. The molecule has 6 nitrogen and oxygen atoms in total. The van der Waals surface area contributed by atoms with E-state index in [0.29, 0.717) is 19.8 Å². The van der Waals surface area contributed by atoms with Gasteiger partial charge in [-0.3, -0.25) is 9.59 Å². The molecular formula is C25H27FN2O4. The minimum atomic E-state index is -0.483. The summed E-state index contributed by atoms with van der Waals surface area (Å²) in [5, 5.41) is 2.66. The molecule has 168 valence electrons. The Balaban J connectivity index is 1.39. The lowest BCUT2D eigenvalue weighted by molar-refractivity contribution is -0.134. The third kappa shape index (κ3) is 3.59. The van der Waals surface area contributed by atoms with Gasteiger partial charge >= 0.3 is 0 Å². The summed E-state index contributed by atoms with van der Waals surface area (Å²) in [5.74, 6) is 0.425. The quantitative estimate of drug-likeness (QED) is 0.793. The molecule has 32 heavy (non-hydrogen) atoms. The molecule has 2 heterocycles. The Morgan fingerprint density at radius 2 is 1.84 bits per heavy atom. The fraction of sp³-hybridized carbons (Fsp3) is 0.440. The van der Waals surface area contributed by atoms with E-state index in [1.54, 1.807) is 0 Å². The number of benzene rings is 2. The molecule has 1 fully saturated rings. The highest BCUT2D eigenvalue weighted by molar-refractivity contribution is 5.96. The van der Waals surface area contributed by atoms with E-state index in [4.69, 9.17) is 9.47 Å². The lowest BCUT2D eigenvalue weighted by atomic mass is 9.71. The van der Waals surface area contributed by atoms with Crippen LogP contribution in [0.4, 0.5) is 4.39 Å². The van der Waals surface area contributed by atoms with Crippen molar-refractivity contribution >= 4 is 11.8 Å². The largest absolute Gasteiger partial charge is 0.486 e. The van der Waals surface area contributed by atoms with E-state index in [0.717, 1.165) is 48.8 Å². The van der Waals surface area contributed by atoms with Crippen molar-refractivity contribution in [2.24, 2.45) is 0 Å². The molecule has 0 saturated heterocycles. The molecule has 5 rings (SSSR count). The maximum absolute atomic E-state index is 13.4. The van der Waals surface area contributed by atoms with E-state index >= 15 is 0 Å². The van der Waals surface area contributed by atoms with Crippen LogP contribution in [0.5, 0.6) is 11.5 Å². The molecule has 1 spiro atoms. The van der Waals surface area contributed by atoms with Crippen LogP contribution in [0.15, 0.2) is 36.4 Å². The van der Waals surface area contributed by atoms with Crippen molar-refractivity contribution in [2.75, 3.05) is 26.3 Å². The van der Waals surface area contributed by atoms with Crippen LogP contribution < -0.4 is 14.8 Å². The first-order valence-corrected chi connectivity index (χ1v) is 11.2. The summed E-state index contributed by atoms with van der Waals surface area (Å²) in [6, 6.07) is 9.46. The number of rotatable bonds is 3. The number of carbonyl (C=O) groups excluding carboxylic acids is 2. The first-order chi connectivity index (χ1) is 15.5. The van der Waals surface area contributed by atoms with Crippen LogP contribution in [-0.2, 0) is 10.2 Å². The Kier molecular flexibility index (Phi) is 5.27. The molecule has 2 aromatic carbocycles. The van der Waals surface area contributed by atoms with Crippen molar-refractivity contribution < 1.29 is 23.5 Å². The van der Waals surface area contributed by atoms with Crippen LogP contribution in [0, 0.1) is 5.82 Å². The smallest absolute Gasteiger partial charge is 0.251 e. The van der Waals surface area contributed by atoms with Crippen molar-refractivity contribution in [3.8, 4) is 11.5 Å². The van der Waals surface area contributed by atoms with Crippen LogP contribution in [-0.4, -0.2) is 43.0 Å². The average molecular weight is 438 g/mol. The zero-order chi connectivity index (χ0) is 22.3. The number of hydrogen-bond acceptors (Lipinski definition) is 4. The molecule has 0 aromatic heterocycles. The normalized spacial score (nSPS) is 20.7. The van der Waals surface area contributed by atoms with Crippen LogP contribution in [0.25, 0.3) is 0 Å². The third-order valence-corrected chi connectivity index (χ3v) is 7.04. The molecule has 1 saturated carbocycles. The van der Waals surface area contributed by atoms with Gasteiger partial charge in [0.25, 0.3) is 5.91 Å². The van der Waals surface area contributed by atoms with Gasteiger partial charge in [0.2, 0.25) is 5.91 Å². The molecule has 0 bridgehead atoms. The second-order valence-corrected chi connectivity index (χ2v) is 8.96. The summed E-state index contributed by atoms with van der Waals surface area (Å²) in [6.45, 7) is 3.57. The Morgan fingerprint density at radius 3 is 2.56 bits per heavy atom. The molecule has 0 radical (unpaired) electrons. The molecule has 1 N–H and O–H groups in total. The van der Waals surface area contributed by atoms with Crippen molar-refractivity contribution in [3.05, 3.63) is 58.9 Å². The first-order valence-electron chi connectivity index (χ1n) is 11.2. The highest BCUT2D eigenvalue weighted by atomic mass is 19.1. The van der Waals surface area contributed by atoms with Crippen LogP contribution in [0.1, 0.15) is 60.1 Å². The number of hydrogen-bond donors (Lipinski definition) is 1. The molecule has 2 aliphatic heterocycles. The standard InChI is InChI=1S/C25H27FN2O4/c1-16-19-12-21-22(32-10-9-31-21)13-20(19)25(7-2-3-8-25)15-28(16)23(29)14-27-24(30)17-5-4-6-18(26)11-17/h4-6,11-13,16H,2-3,7-10,14-15H2,1H3,(H,27,30). The number of halogens is 1. The Morgan fingerprint density at radius 1 is 1.12 bits per heavy atom. The first kappa shape index (κ1) is 20.8. The predicted molar refractivity (Wildman–Crippen MR) is 116 cm³/mol. The van der Waals surface area contributed by atoms with Gasteiger partial charge in [-0.2, -0.15) is 0 Å². The van der Waals surface area contributed by atoms with Gasteiger partial charge in [-0.25, -0.2) is 4.39 Å². The van der Waals surface area contributed by atoms with Gasteiger partial charge in [0.1, 0.15) is 19.0 Å². The van der Waals surface area contributed by atoms with E-state index in [1.807, 2.05) is 17.9 Å². The summed E-state index contributed by atoms with van der Waals surface area (Å²) in [7, 11) is 0. The van der Waals surface area contributed by atoms with E-state index in [9.17, 15) is 14.0 Å². The second kappa shape index (κ2) is 8.11. The third-order valence-electron chi connectivity index (χ3n) is 7.04.